The van der Waals surface area contributed by atoms with Gasteiger partial charge in [0.2, 0.25) is 12.5 Å². The largest absolute Gasteiger partial charge is 0.493 e. The maximum atomic E-state index is 10.0. The van der Waals surface area contributed by atoms with Crippen molar-refractivity contribution in [3.63, 3.8) is 0 Å². The second-order valence-electron chi connectivity index (χ2n) is 5.57. The third-order valence-electron chi connectivity index (χ3n) is 4.16. The third kappa shape index (κ3) is 2.92. The first kappa shape index (κ1) is 14.4. The Morgan fingerprint density at radius 3 is 2.95 bits per heavy atom. The van der Waals surface area contributed by atoms with Crippen LogP contribution in [-0.4, -0.2) is 54.8 Å². The topological polar surface area (TPSA) is 71.4 Å². The molecule has 0 aromatic heterocycles. The molecule has 1 aromatic carbocycles. The van der Waals surface area contributed by atoms with E-state index in [4.69, 9.17) is 14.2 Å². The van der Waals surface area contributed by atoms with Gasteiger partial charge in [-0.15, -0.1) is 0 Å². The Labute approximate surface area is 123 Å². The summed E-state index contributed by atoms with van der Waals surface area (Å²) in [6, 6.07) is 3.90. The molecule has 2 aliphatic heterocycles. The van der Waals surface area contributed by atoms with E-state index in [2.05, 4.69) is 4.90 Å². The molecule has 1 saturated heterocycles. The molecule has 0 amide bonds. The highest BCUT2D eigenvalue weighted by atomic mass is 16.7. The molecule has 6 nitrogen and oxygen atoms in total. The zero-order valence-electron chi connectivity index (χ0n) is 12.1. The van der Waals surface area contributed by atoms with Crippen LogP contribution >= 0.6 is 0 Å². The lowest BCUT2D eigenvalue weighted by Gasteiger charge is -2.35. The molecule has 0 unspecified atom stereocenters. The minimum atomic E-state index is -0.473. The number of piperidine rings is 1. The number of β-amino-alcohol motifs (C(OH)–C–C–N with tert-alkyl or cyclic N) is 1. The number of hydrogen-bond acceptors (Lipinski definition) is 6. The average molecular weight is 295 g/mol. The maximum absolute atomic E-state index is 10.0. The molecule has 1 aromatic rings. The summed E-state index contributed by atoms with van der Waals surface area (Å²) < 4.78 is 16.1. The minimum absolute atomic E-state index is 0.00691. The molecule has 2 N–H and O–H groups in total. The predicted molar refractivity (Wildman–Crippen MR) is 75.6 cm³/mol. The number of benzene rings is 1. The smallest absolute Gasteiger partial charge is 0.231 e. The minimum Gasteiger partial charge on any atom is -0.493 e. The van der Waals surface area contributed by atoms with Gasteiger partial charge in [-0.05, 0) is 30.7 Å². The van der Waals surface area contributed by atoms with Crippen LogP contribution in [0.2, 0.25) is 0 Å². The number of aliphatic hydroxyl groups excluding tert-OH is 2. The fourth-order valence-electron chi connectivity index (χ4n) is 2.94. The molecule has 0 spiro atoms. The van der Waals surface area contributed by atoms with Crippen molar-refractivity contribution in [1.82, 2.24) is 4.90 Å². The molecule has 21 heavy (non-hydrogen) atoms. The van der Waals surface area contributed by atoms with Crippen molar-refractivity contribution >= 4 is 0 Å². The zero-order valence-corrected chi connectivity index (χ0v) is 12.1. The van der Waals surface area contributed by atoms with E-state index in [9.17, 15) is 10.2 Å². The van der Waals surface area contributed by atoms with Crippen molar-refractivity contribution in [2.75, 3.05) is 33.6 Å². The number of likely N-dealkylation sites (tertiary alicyclic amines) is 1. The number of hydrogen-bond donors (Lipinski definition) is 2. The molecule has 2 atom stereocenters. The summed E-state index contributed by atoms with van der Waals surface area (Å²) in [5.74, 6) is 2.02. The number of fused-ring (bicyclic) bond motifs is 1. The van der Waals surface area contributed by atoms with Gasteiger partial charge in [0, 0.05) is 25.6 Å². The number of rotatable bonds is 4. The summed E-state index contributed by atoms with van der Waals surface area (Å²) in [4.78, 5) is 2.17. The monoisotopic (exact) mass is 295 g/mol. The lowest BCUT2D eigenvalue weighted by molar-refractivity contribution is -0.00445. The Kier molecular flexibility index (Phi) is 4.19. The highest BCUT2D eigenvalue weighted by Crippen LogP contribution is 2.42. The maximum Gasteiger partial charge on any atom is 0.231 e. The lowest BCUT2D eigenvalue weighted by atomic mass is 9.94. The van der Waals surface area contributed by atoms with Crippen molar-refractivity contribution < 1.29 is 24.4 Å². The van der Waals surface area contributed by atoms with Crippen molar-refractivity contribution in [3.05, 3.63) is 17.7 Å². The number of nitrogens with zero attached hydrogens (tertiary/aromatic N) is 1. The van der Waals surface area contributed by atoms with Gasteiger partial charge in [-0.1, -0.05) is 0 Å². The van der Waals surface area contributed by atoms with E-state index in [-0.39, 0.29) is 19.3 Å². The van der Waals surface area contributed by atoms with Crippen LogP contribution in [-0.2, 0) is 6.54 Å². The van der Waals surface area contributed by atoms with Gasteiger partial charge >= 0.3 is 0 Å². The number of ether oxygens (including phenoxy) is 3. The highest BCUT2D eigenvalue weighted by molar-refractivity contribution is 5.55. The first-order valence-corrected chi connectivity index (χ1v) is 7.19. The van der Waals surface area contributed by atoms with E-state index < -0.39 is 6.10 Å². The molecule has 116 valence electrons. The van der Waals surface area contributed by atoms with E-state index in [0.717, 1.165) is 18.5 Å². The predicted octanol–water partition coefficient (Wildman–Crippen LogP) is 0.599. The van der Waals surface area contributed by atoms with Crippen molar-refractivity contribution in [1.29, 1.82) is 0 Å². The first-order valence-electron chi connectivity index (χ1n) is 7.19. The fraction of sp³-hybridized carbons (Fsp3) is 0.600. The van der Waals surface area contributed by atoms with Crippen LogP contribution in [0.5, 0.6) is 17.2 Å². The number of methoxy groups -OCH3 is 1. The fourth-order valence-corrected chi connectivity index (χ4v) is 2.94. The first-order chi connectivity index (χ1) is 10.2. The van der Waals surface area contributed by atoms with E-state index in [1.807, 2.05) is 12.1 Å². The second-order valence-corrected chi connectivity index (χ2v) is 5.57. The van der Waals surface area contributed by atoms with Crippen molar-refractivity contribution in [3.8, 4) is 17.2 Å². The van der Waals surface area contributed by atoms with Crippen LogP contribution in [0, 0.1) is 5.92 Å². The molecule has 6 heteroatoms. The van der Waals surface area contributed by atoms with Crippen LogP contribution in [0.3, 0.4) is 0 Å². The van der Waals surface area contributed by atoms with Crippen LogP contribution in [0.25, 0.3) is 0 Å². The SMILES string of the molecule is COc1cc(CN2CC[C@H](CO)[C@H](O)C2)cc2c1OCO2. The van der Waals surface area contributed by atoms with Gasteiger partial charge in [0.15, 0.2) is 11.5 Å². The quantitative estimate of drug-likeness (QED) is 0.847. The summed E-state index contributed by atoms with van der Waals surface area (Å²) in [7, 11) is 1.61. The molecule has 0 saturated carbocycles. The Balaban J connectivity index is 1.71. The summed E-state index contributed by atoms with van der Waals surface area (Å²) >= 11 is 0. The normalized spacial score (nSPS) is 25.1. The summed E-state index contributed by atoms with van der Waals surface area (Å²) in [5.41, 5.74) is 1.06. The average Bonchev–Trinajstić information content (AvgIpc) is 2.95. The molecule has 1 fully saturated rings. The summed E-state index contributed by atoms with van der Waals surface area (Å²) in [6.07, 6.45) is 0.332. The summed E-state index contributed by atoms with van der Waals surface area (Å²) in [5, 5.41) is 19.2. The Morgan fingerprint density at radius 1 is 1.38 bits per heavy atom. The van der Waals surface area contributed by atoms with Gasteiger partial charge in [-0.2, -0.15) is 0 Å². The van der Waals surface area contributed by atoms with Gasteiger partial charge in [-0.25, -0.2) is 0 Å². The van der Waals surface area contributed by atoms with E-state index >= 15 is 0 Å². The molecule has 2 heterocycles. The molecule has 2 aliphatic rings. The van der Waals surface area contributed by atoms with Crippen LogP contribution in [0.1, 0.15) is 12.0 Å². The van der Waals surface area contributed by atoms with Crippen molar-refractivity contribution in [2.24, 2.45) is 5.92 Å². The summed E-state index contributed by atoms with van der Waals surface area (Å²) in [6.45, 7) is 2.41. The van der Waals surface area contributed by atoms with Crippen LogP contribution in [0.15, 0.2) is 12.1 Å². The standard InChI is InChI=1S/C15H21NO5/c1-19-13-4-10(5-14-15(13)21-9-20-14)6-16-3-2-11(8-17)12(18)7-16/h4-5,11-12,17-18H,2-3,6-9H2,1H3/t11-,12-/m1/s1. The van der Waals surface area contributed by atoms with Gasteiger partial charge in [-0.3, -0.25) is 4.90 Å². The van der Waals surface area contributed by atoms with Gasteiger partial charge < -0.3 is 24.4 Å². The molecule has 0 bridgehead atoms. The lowest BCUT2D eigenvalue weighted by Crippen LogP contribution is -2.44. The molecule has 3 rings (SSSR count). The Hall–Kier alpha value is -1.50. The van der Waals surface area contributed by atoms with E-state index in [1.165, 1.54) is 0 Å². The van der Waals surface area contributed by atoms with Gasteiger partial charge in [0.25, 0.3) is 0 Å². The van der Waals surface area contributed by atoms with E-state index in [0.29, 0.717) is 30.3 Å². The Bertz CT molecular complexity index is 507. The molecular formula is C15H21NO5. The molecular weight excluding hydrogens is 274 g/mol. The van der Waals surface area contributed by atoms with E-state index in [1.54, 1.807) is 7.11 Å². The molecule has 0 radical (unpaired) electrons. The third-order valence-corrected chi connectivity index (χ3v) is 4.16. The van der Waals surface area contributed by atoms with Crippen LogP contribution < -0.4 is 14.2 Å². The number of aliphatic hydroxyl groups is 2. The molecule has 0 aliphatic carbocycles. The van der Waals surface area contributed by atoms with Crippen molar-refractivity contribution in [2.45, 2.75) is 19.1 Å². The Morgan fingerprint density at radius 2 is 2.24 bits per heavy atom. The zero-order chi connectivity index (χ0) is 14.8. The highest BCUT2D eigenvalue weighted by Gasteiger charge is 2.28. The van der Waals surface area contributed by atoms with Crippen LogP contribution in [0.4, 0.5) is 0 Å². The second kappa shape index (κ2) is 6.09. The van der Waals surface area contributed by atoms with Gasteiger partial charge in [0.1, 0.15) is 0 Å². The van der Waals surface area contributed by atoms with Gasteiger partial charge in [0.05, 0.1) is 13.2 Å².